The van der Waals surface area contributed by atoms with Gasteiger partial charge in [-0.15, -0.1) is 0 Å². The Morgan fingerprint density at radius 1 is 1.38 bits per heavy atom. The largest absolute Gasteiger partial charge is 0.465 e. The molecule has 0 aromatic heterocycles. The summed E-state index contributed by atoms with van der Waals surface area (Å²) < 4.78 is 6.50. The molecule has 13 heavy (non-hydrogen) atoms. The van der Waals surface area contributed by atoms with Crippen LogP contribution in [0.3, 0.4) is 0 Å². The maximum absolute atomic E-state index is 11.0. The molecule has 0 aliphatic heterocycles. The van der Waals surface area contributed by atoms with Gasteiger partial charge in [0.2, 0.25) is 0 Å². The summed E-state index contributed by atoms with van der Waals surface area (Å²) in [5.74, 6) is -0.301. The number of halogens is 1. The normalized spacial score (nSPS) is 10.3. The molecule has 68 valence electrons. The zero-order valence-corrected chi connectivity index (χ0v) is 9.32. The quantitative estimate of drug-likeness (QED) is 0.618. The molecule has 1 aromatic rings. The second-order valence-electron chi connectivity index (χ2n) is 2.41. The fourth-order valence-corrected chi connectivity index (χ4v) is 1.34. The van der Waals surface area contributed by atoms with E-state index in [-0.39, 0.29) is 5.97 Å². The van der Waals surface area contributed by atoms with E-state index in [9.17, 15) is 4.79 Å². The van der Waals surface area contributed by atoms with E-state index in [2.05, 4.69) is 27.3 Å². The molecular formula is C10H9IO2. The number of methoxy groups -OCH3 is 1. The number of benzene rings is 1. The summed E-state index contributed by atoms with van der Waals surface area (Å²) in [5.41, 5.74) is 1.65. The van der Waals surface area contributed by atoms with Crippen molar-refractivity contribution in [1.29, 1.82) is 0 Å². The van der Waals surface area contributed by atoms with Crippen molar-refractivity contribution in [3.05, 3.63) is 39.5 Å². The van der Waals surface area contributed by atoms with Gasteiger partial charge in [0.25, 0.3) is 0 Å². The van der Waals surface area contributed by atoms with E-state index in [0.29, 0.717) is 5.56 Å². The molecule has 0 amide bonds. The van der Waals surface area contributed by atoms with Crippen LogP contribution in [0.5, 0.6) is 0 Å². The summed E-state index contributed by atoms with van der Waals surface area (Å²) in [6, 6.07) is 7.25. The molecule has 0 unspecified atom stereocenters. The summed E-state index contributed by atoms with van der Waals surface area (Å²) >= 11 is 2.15. The SMILES string of the molecule is COC(=O)c1ccc(/C=C/I)cc1. The molecule has 0 spiro atoms. The monoisotopic (exact) mass is 288 g/mol. The minimum Gasteiger partial charge on any atom is -0.465 e. The number of hydrogen-bond donors (Lipinski definition) is 0. The van der Waals surface area contributed by atoms with Crippen molar-refractivity contribution in [2.75, 3.05) is 7.11 Å². The average Bonchev–Trinajstić information content (AvgIpc) is 2.18. The Hall–Kier alpha value is -0.840. The van der Waals surface area contributed by atoms with Crippen LogP contribution in [0.15, 0.2) is 28.3 Å². The first-order chi connectivity index (χ1) is 6.27. The Bertz CT molecular complexity index is 314. The predicted octanol–water partition coefficient (Wildman–Crippen LogP) is 2.88. The number of carbonyl (C=O) groups excluding carboxylic acids is 1. The predicted molar refractivity (Wildman–Crippen MR) is 60.8 cm³/mol. The number of carbonyl (C=O) groups is 1. The third-order valence-electron chi connectivity index (χ3n) is 1.59. The van der Waals surface area contributed by atoms with Gasteiger partial charge in [0, 0.05) is 0 Å². The van der Waals surface area contributed by atoms with Crippen molar-refractivity contribution in [2.45, 2.75) is 0 Å². The van der Waals surface area contributed by atoms with Gasteiger partial charge in [0.05, 0.1) is 12.7 Å². The highest BCUT2D eigenvalue weighted by atomic mass is 127. The summed E-state index contributed by atoms with van der Waals surface area (Å²) in [5, 5.41) is 0. The van der Waals surface area contributed by atoms with Gasteiger partial charge in [-0.25, -0.2) is 4.79 Å². The van der Waals surface area contributed by atoms with Gasteiger partial charge in [-0.05, 0) is 27.9 Å². The first-order valence-electron chi connectivity index (χ1n) is 3.73. The molecule has 0 aliphatic carbocycles. The molecule has 0 bridgehead atoms. The fourth-order valence-electron chi connectivity index (χ4n) is 0.921. The lowest BCUT2D eigenvalue weighted by Gasteiger charge is -1.98. The molecule has 0 saturated carbocycles. The van der Waals surface area contributed by atoms with Gasteiger partial charge in [-0.1, -0.05) is 34.7 Å². The molecule has 1 aromatic carbocycles. The Kier molecular flexibility index (Phi) is 3.95. The van der Waals surface area contributed by atoms with Crippen LogP contribution in [0, 0.1) is 0 Å². The van der Waals surface area contributed by atoms with Crippen molar-refractivity contribution < 1.29 is 9.53 Å². The van der Waals surface area contributed by atoms with Crippen LogP contribution in [0.1, 0.15) is 15.9 Å². The Morgan fingerprint density at radius 2 is 2.00 bits per heavy atom. The third-order valence-corrected chi connectivity index (χ3v) is 1.95. The molecule has 0 aliphatic rings. The first-order valence-corrected chi connectivity index (χ1v) is 4.97. The lowest BCUT2D eigenvalue weighted by molar-refractivity contribution is 0.0601. The summed E-state index contributed by atoms with van der Waals surface area (Å²) in [7, 11) is 1.38. The smallest absolute Gasteiger partial charge is 0.337 e. The third kappa shape index (κ3) is 2.84. The van der Waals surface area contributed by atoms with Gasteiger partial charge in [0.1, 0.15) is 0 Å². The molecule has 3 heteroatoms. The van der Waals surface area contributed by atoms with Gasteiger partial charge in [-0.2, -0.15) is 0 Å². The number of rotatable bonds is 2. The molecule has 0 saturated heterocycles. The van der Waals surface area contributed by atoms with Crippen LogP contribution in [-0.4, -0.2) is 13.1 Å². The van der Waals surface area contributed by atoms with Crippen LogP contribution in [0.4, 0.5) is 0 Å². The highest BCUT2D eigenvalue weighted by molar-refractivity contribution is 14.1. The zero-order valence-electron chi connectivity index (χ0n) is 7.16. The number of ether oxygens (including phenoxy) is 1. The van der Waals surface area contributed by atoms with Crippen molar-refractivity contribution in [3.63, 3.8) is 0 Å². The lowest BCUT2D eigenvalue weighted by atomic mass is 10.1. The minimum atomic E-state index is -0.301. The summed E-state index contributed by atoms with van der Waals surface area (Å²) in [4.78, 5) is 11.0. The molecule has 0 fully saturated rings. The zero-order chi connectivity index (χ0) is 9.68. The van der Waals surface area contributed by atoms with Crippen molar-refractivity contribution in [2.24, 2.45) is 0 Å². The minimum absolute atomic E-state index is 0.301. The van der Waals surface area contributed by atoms with Crippen molar-refractivity contribution in [1.82, 2.24) is 0 Å². The van der Waals surface area contributed by atoms with Crippen LogP contribution in [0.25, 0.3) is 6.08 Å². The van der Waals surface area contributed by atoms with Gasteiger partial charge >= 0.3 is 5.97 Å². The maximum Gasteiger partial charge on any atom is 0.337 e. The summed E-state index contributed by atoms with van der Waals surface area (Å²) in [6.45, 7) is 0. The van der Waals surface area contributed by atoms with Gasteiger partial charge in [-0.3, -0.25) is 0 Å². The standard InChI is InChI=1S/C10H9IO2/c1-13-10(12)9-4-2-8(3-5-9)6-7-11/h2-7H,1H3/b7-6+. The van der Waals surface area contributed by atoms with Crippen molar-refractivity contribution >= 4 is 34.6 Å². The van der Waals surface area contributed by atoms with Crippen LogP contribution < -0.4 is 0 Å². The van der Waals surface area contributed by atoms with E-state index in [0.717, 1.165) is 5.56 Å². The molecule has 0 N–H and O–H groups in total. The van der Waals surface area contributed by atoms with E-state index in [1.807, 2.05) is 22.3 Å². The van der Waals surface area contributed by atoms with Crippen LogP contribution >= 0.6 is 22.6 Å². The highest BCUT2D eigenvalue weighted by Gasteiger charge is 2.02. The fraction of sp³-hybridized carbons (Fsp3) is 0.100. The van der Waals surface area contributed by atoms with Gasteiger partial charge in [0.15, 0.2) is 0 Å². The summed E-state index contributed by atoms with van der Waals surface area (Å²) in [6.07, 6.45) is 1.96. The van der Waals surface area contributed by atoms with Crippen LogP contribution in [-0.2, 0) is 4.74 Å². The lowest BCUT2D eigenvalue weighted by Crippen LogP contribution is -2.00. The van der Waals surface area contributed by atoms with E-state index >= 15 is 0 Å². The molecule has 1 rings (SSSR count). The Balaban J connectivity index is 2.87. The average molecular weight is 288 g/mol. The second kappa shape index (κ2) is 5.01. The maximum atomic E-state index is 11.0. The van der Waals surface area contributed by atoms with E-state index in [4.69, 9.17) is 0 Å². The molecule has 0 radical (unpaired) electrons. The molecule has 2 nitrogen and oxygen atoms in total. The van der Waals surface area contributed by atoms with Crippen LogP contribution in [0.2, 0.25) is 0 Å². The van der Waals surface area contributed by atoms with Crippen molar-refractivity contribution in [3.8, 4) is 0 Å². The number of hydrogen-bond acceptors (Lipinski definition) is 2. The van der Waals surface area contributed by atoms with E-state index in [1.165, 1.54) is 7.11 Å². The highest BCUT2D eigenvalue weighted by Crippen LogP contribution is 2.08. The van der Waals surface area contributed by atoms with E-state index < -0.39 is 0 Å². The topological polar surface area (TPSA) is 26.3 Å². The first kappa shape index (κ1) is 10.2. The van der Waals surface area contributed by atoms with Gasteiger partial charge < -0.3 is 4.74 Å². The van der Waals surface area contributed by atoms with E-state index in [1.54, 1.807) is 12.1 Å². The molecular weight excluding hydrogens is 279 g/mol. The number of esters is 1. The second-order valence-corrected chi connectivity index (χ2v) is 3.13. The Morgan fingerprint density at radius 3 is 2.46 bits per heavy atom. The molecule has 0 heterocycles. The Labute approximate surface area is 90.7 Å². The molecule has 0 atom stereocenters.